The smallest absolute Gasteiger partial charge is 0.294 e. The van der Waals surface area contributed by atoms with Gasteiger partial charge in [-0.05, 0) is 43.4 Å². The molecule has 2 fully saturated rings. The molecule has 3 unspecified atom stereocenters. The summed E-state index contributed by atoms with van der Waals surface area (Å²) in [6.07, 6.45) is 6.67. The lowest BCUT2D eigenvalue weighted by molar-refractivity contribution is 0.0453. The van der Waals surface area contributed by atoms with Crippen LogP contribution < -0.4 is 10.1 Å². The minimum Gasteiger partial charge on any atom is -0.465 e. The second kappa shape index (κ2) is 6.61. The average molecular weight is 309 g/mol. The van der Waals surface area contributed by atoms with E-state index in [1.165, 1.54) is 25.7 Å². The van der Waals surface area contributed by atoms with E-state index in [1.54, 1.807) is 11.3 Å². The molecule has 2 aliphatic rings. The highest BCUT2D eigenvalue weighted by molar-refractivity contribution is 7.13. The van der Waals surface area contributed by atoms with Gasteiger partial charge in [-0.1, -0.05) is 43.6 Å². The van der Waals surface area contributed by atoms with Gasteiger partial charge in [-0.2, -0.15) is 0 Å². The maximum absolute atomic E-state index is 6.22. The maximum atomic E-state index is 6.22. The summed E-state index contributed by atoms with van der Waals surface area (Å²) < 4.78 is 6.22. The van der Waals surface area contributed by atoms with Gasteiger partial charge < -0.3 is 10.1 Å². The molecule has 2 aliphatic carbocycles. The van der Waals surface area contributed by atoms with Crippen LogP contribution in [0.4, 0.5) is 0 Å². The Morgan fingerprint density at radius 3 is 2.76 bits per heavy atom. The van der Waals surface area contributed by atoms with Crippen LogP contribution >= 0.6 is 11.3 Å². The van der Waals surface area contributed by atoms with Crippen molar-refractivity contribution < 1.29 is 4.74 Å². The quantitative estimate of drug-likeness (QED) is 0.871. The third kappa shape index (κ3) is 4.16. The number of nitrogens with one attached hydrogen (secondary N) is 1. The van der Waals surface area contributed by atoms with E-state index in [0.717, 1.165) is 29.1 Å². The Morgan fingerprint density at radius 1 is 1.24 bits per heavy atom. The Hall–Kier alpha value is -0.680. The molecular formula is C16H27N3OS. The van der Waals surface area contributed by atoms with E-state index in [9.17, 15) is 0 Å². The van der Waals surface area contributed by atoms with Gasteiger partial charge in [0.15, 0.2) is 0 Å². The van der Waals surface area contributed by atoms with Crippen molar-refractivity contribution in [2.75, 3.05) is 0 Å². The highest BCUT2D eigenvalue weighted by Gasteiger charge is 2.33. The van der Waals surface area contributed by atoms with E-state index in [-0.39, 0.29) is 0 Å². The number of hydrogen-bond donors (Lipinski definition) is 1. The van der Waals surface area contributed by atoms with Crippen LogP contribution in [0.15, 0.2) is 0 Å². The van der Waals surface area contributed by atoms with E-state index in [2.05, 4.69) is 36.3 Å². The lowest BCUT2D eigenvalue weighted by Crippen LogP contribution is -2.36. The van der Waals surface area contributed by atoms with E-state index < -0.39 is 0 Å². The fraction of sp³-hybridized carbons (Fsp3) is 0.875. The Labute approximate surface area is 131 Å². The molecule has 1 heterocycles. The van der Waals surface area contributed by atoms with Crippen LogP contribution in [0.1, 0.15) is 57.9 Å². The first-order chi connectivity index (χ1) is 10.1. The van der Waals surface area contributed by atoms with Crippen LogP contribution in [-0.2, 0) is 6.54 Å². The maximum Gasteiger partial charge on any atom is 0.294 e. The van der Waals surface area contributed by atoms with E-state index in [0.29, 0.717) is 24.0 Å². The molecule has 3 rings (SSSR count). The number of aromatic nitrogens is 2. The van der Waals surface area contributed by atoms with Gasteiger partial charge in [-0.15, -0.1) is 5.10 Å². The Bertz CT molecular complexity index is 458. The van der Waals surface area contributed by atoms with Gasteiger partial charge >= 0.3 is 0 Å². The Balaban J connectivity index is 1.57. The summed E-state index contributed by atoms with van der Waals surface area (Å²) in [6.45, 7) is 7.78. The van der Waals surface area contributed by atoms with Gasteiger partial charge in [-0.25, -0.2) is 0 Å². The number of nitrogens with zero attached hydrogens (tertiary/aromatic N) is 2. The number of rotatable bonds is 6. The van der Waals surface area contributed by atoms with Gasteiger partial charge in [0, 0.05) is 6.04 Å². The van der Waals surface area contributed by atoms with Crippen molar-refractivity contribution in [1.82, 2.24) is 15.5 Å². The lowest BCUT2D eigenvalue weighted by Gasteiger charge is -2.36. The minimum atomic E-state index is 0.311. The molecule has 0 radical (unpaired) electrons. The van der Waals surface area contributed by atoms with Gasteiger partial charge in [0.2, 0.25) is 0 Å². The third-order valence-corrected chi connectivity index (χ3v) is 5.60. The van der Waals surface area contributed by atoms with Crippen molar-refractivity contribution in [2.45, 2.75) is 71.6 Å². The van der Waals surface area contributed by atoms with E-state index in [1.807, 2.05) is 0 Å². The van der Waals surface area contributed by atoms with E-state index >= 15 is 0 Å². The van der Waals surface area contributed by atoms with E-state index in [4.69, 9.17) is 4.74 Å². The van der Waals surface area contributed by atoms with Crippen molar-refractivity contribution in [3.05, 3.63) is 5.01 Å². The van der Waals surface area contributed by atoms with Crippen LogP contribution in [0.25, 0.3) is 0 Å². The van der Waals surface area contributed by atoms with Gasteiger partial charge in [-0.3, -0.25) is 0 Å². The third-order valence-electron chi connectivity index (χ3n) is 4.78. The molecule has 0 bridgehead atoms. The zero-order valence-electron chi connectivity index (χ0n) is 13.3. The summed E-state index contributed by atoms with van der Waals surface area (Å²) in [4.78, 5) is 0. The number of hydrogen-bond acceptors (Lipinski definition) is 5. The largest absolute Gasteiger partial charge is 0.465 e. The minimum absolute atomic E-state index is 0.311. The SMILES string of the molecule is CC1CCC(C(C)C)C(Oc2nnc(CNC3CC3)s2)C1. The topological polar surface area (TPSA) is 47.0 Å². The van der Waals surface area contributed by atoms with Crippen LogP contribution in [0.3, 0.4) is 0 Å². The summed E-state index contributed by atoms with van der Waals surface area (Å²) in [5, 5.41) is 13.8. The highest BCUT2D eigenvalue weighted by Crippen LogP contribution is 2.36. The standard InChI is InChI=1S/C16H27N3OS/c1-10(2)13-7-4-11(3)8-14(13)20-16-19-18-15(21-16)9-17-12-5-6-12/h10-14,17H,4-9H2,1-3H3. The molecule has 0 amide bonds. The van der Waals surface area contributed by atoms with Crippen molar-refractivity contribution in [3.63, 3.8) is 0 Å². The highest BCUT2D eigenvalue weighted by atomic mass is 32.1. The summed E-state index contributed by atoms with van der Waals surface area (Å²) >= 11 is 1.60. The lowest BCUT2D eigenvalue weighted by atomic mass is 9.75. The van der Waals surface area contributed by atoms with Crippen LogP contribution in [0, 0.1) is 17.8 Å². The van der Waals surface area contributed by atoms with Gasteiger partial charge in [0.05, 0.1) is 6.54 Å². The van der Waals surface area contributed by atoms with Crippen molar-refractivity contribution in [2.24, 2.45) is 17.8 Å². The summed E-state index contributed by atoms with van der Waals surface area (Å²) in [5.41, 5.74) is 0. The molecule has 2 saturated carbocycles. The fourth-order valence-corrected chi connectivity index (χ4v) is 3.95. The normalized spacial score (nSPS) is 29.8. The summed E-state index contributed by atoms with van der Waals surface area (Å²) in [5.74, 6) is 2.08. The molecule has 1 N–H and O–H groups in total. The van der Waals surface area contributed by atoms with Crippen molar-refractivity contribution in [3.8, 4) is 5.19 Å². The molecule has 118 valence electrons. The molecule has 0 spiro atoms. The zero-order chi connectivity index (χ0) is 14.8. The molecule has 0 saturated heterocycles. The second-order valence-electron chi connectivity index (χ2n) is 7.10. The molecular weight excluding hydrogens is 282 g/mol. The first-order valence-corrected chi connectivity index (χ1v) is 9.16. The molecule has 0 aromatic carbocycles. The molecule has 0 aliphatic heterocycles. The van der Waals surface area contributed by atoms with Crippen LogP contribution in [0.5, 0.6) is 5.19 Å². The van der Waals surface area contributed by atoms with Crippen molar-refractivity contribution in [1.29, 1.82) is 0 Å². The molecule has 3 atom stereocenters. The molecule has 21 heavy (non-hydrogen) atoms. The van der Waals surface area contributed by atoms with Gasteiger partial charge in [0.25, 0.3) is 5.19 Å². The first-order valence-electron chi connectivity index (χ1n) is 8.34. The molecule has 1 aromatic rings. The molecule has 4 nitrogen and oxygen atoms in total. The summed E-state index contributed by atoms with van der Waals surface area (Å²) in [7, 11) is 0. The summed E-state index contributed by atoms with van der Waals surface area (Å²) in [6, 6.07) is 0.711. The van der Waals surface area contributed by atoms with Gasteiger partial charge in [0.1, 0.15) is 11.1 Å². The number of ether oxygens (including phenoxy) is 1. The van der Waals surface area contributed by atoms with Crippen molar-refractivity contribution >= 4 is 11.3 Å². The fourth-order valence-electron chi connectivity index (χ4n) is 3.26. The Kier molecular flexibility index (Phi) is 4.79. The predicted molar refractivity (Wildman–Crippen MR) is 85.5 cm³/mol. The molecule has 1 aromatic heterocycles. The average Bonchev–Trinajstić information content (AvgIpc) is 3.16. The van der Waals surface area contributed by atoms with Crippen LogP contribution in [-0.4, -0.2) is 22.3 Å². The van der Waals surface area contributed by atoms with Crippen LogP contribution in [0.2, 0.25) is 0 Å². The zero-order valence-corrected chi connectivity index (χ0v) is 14.2. The Morgan fingerprint density at radius 2 is 2.05 bits per heavy atom. The predicted octanol–water partition coefficient (Wildman–Crippen LogP) is 3.63. The molecule has 5 heteroatoms. The first kappa shape index (κ1) is 15.2. The second-order valence-corrected chi connectivity index (χ2v) is 8.12. The monoisotopic (exact) mass is 309 g/mol.